The number of nitrogens with zero attached hydrogens (tertiary/aromatic N) is 1. The minimum atomic E-state index is -0.302. The van der Waals surface area contributed by atoms with Crippen LogP contribution in [0.2, 0.25) is 0 Å². The number of carbonyl (C=O) groups excluding carboxylic acids is 2. The van der Waals surface area contributed by atoms with Crippen LogP contribution in [0.25, 0.3) is 0 Å². The van der Waals surface area contributed by atoms with Gasteiger partial charge in [0.05, 0.1) is 12.8 Å². The lowest BCUT2D eigenvalue weighted by atomic mass is 10.1. The van der Waals surface area contributed by atoms with Crippen molar-refractivity contribution in [3.63, 3.8) is 0 Å². The van der Waals surface area contributed by atoms with Gasteiger partial charge in [0, 0.05) is 19.4 Å². The third-order valence-electron chi connectivity index (χ3n) is 2.35. The first-order valence-electron chi connectivity index (χ1n) is 4.94. The Morgan fingerprint density at radius 1 is 1.19 bits per heavy atom. The molecule has 2 amide bonds. The van der Waals surface area contributed by atoms with Crippen molar-refractivity contribution in [2.75, 3.05) is 12.0 Å². The molecule has 86 valence electrons. The SMILES string of the molecule is COc1cccc(N(C(C)=O)C(C)=O)c1C. The van der Waals surface area contributed by atoms with Gasteiger partial charge in [-0.05, 0) is 19.1 Å². The van der Waals surface area contributed by atoms with Gasteiger partial charge < -0.3 is 4.74 Å². The quantitative estimate of drug-likeness (QED) is 0.766. The first-order chi connectivity index (χ1) is 7.49. The smallest absolute Gasteiger partial charge is 0.230 e. The van der Waals surface area contributed by atoms with Crippen LogP contribution in [0.15, 0.2) is 18.2 Å². The van der Waals surface area contributed by atoms with E-state index >= 15 is 0 Å². The van der Waals surface area contributed by atoms with Crippen LogP contribution in [-0.4, -0.2) is 18.9 Å². The Kier molecular flexibility index (Phi) is 3.66. The molecule has 0 aliphatic rings. The monoisotopic (exact) mass is 221 g/mol. The number of anilines is 1. The number of amides is 2. The highest BCUT2D eigenvalue weighted by molar-refractivity contribution is 6.13. The minimum absolute atomic E-state index is 0.302. The molecule has 0 spiro atoms. The summed E-state index contributed by atoms with van der Waals surface area (Å²) in [6.45, 7) is 4.54. The molecule has 0 aliphatic heterocycles. The molecule has 0 unspecified atom stereocenters. The highest BCUT2D eigenvalue weighted by atomic mass is 16.5. The molecule has 0 N–H and O–H groups in total. The number of imide groups is 1. The fourth-order valence-corrected chi connectivity index (χ4v) is 1.63. The zero-order valence-electron chi connectivity index (χ0n) is 9.90. The van der Waals surface area contributed by atoms with Gasteiger partial charge in [-0.3, -0.25) is 14.5 Å². The van der Waals surface area contributed by atoms with Gasteiger partial charge in [0.1, 0.15) is 5.75 Å². The van der Waals surface area contributed by atoms with Crippen molar-refractivity contribution in [3.05, 3.63) is 23.8 Å². The summed E-state index contributed by atoms with van der Waals surface area (Å²) in [7, 11) is 1.55. The second-order valence-corrected chi connectivity index (χ2v) is 3.48. The van der Waals surface area contributed by atoms with Gasteiger partial charge in [-0.25, -0.2) is 0 Å². The van der Waals surface area contributed by atoms with Crippen LogP contribution in [0.1, 0.15) is 19.4 Å². The Labute approximate surface area is 94.8 Å². The van der Waals surface area contributed by atoms with Crippen LogP contribution < -0.4 is 9.64 Å². The van der Waals surface area contributed by atoms with Gasteiger partial charge in [0.2, 0.25) is 11.8 Å². The average molecular weight is 221 g/mol. The van der Waals surface area contributed by atoms with E-state index in [1.165, 1.54) is 13.8 Å². The average Bonchev–Trinajstić information content (AvgIpc) is 2.20. The van der Waals surface area contributed by atoms with E-state index in [0.717, 1.165) is 10.5 Å². The van der Waals surface area contributed by atoms with E-state index in [4.69, 9.17) is 4.74 Å². The third kappa shape index (κ3) is 2.21. The van der Waals surface area contributed by atoms with Crippen molar-refractivity contribution < 1.29 is 14.3 Å². The van der Waals surface area contributed by atoms with Crippen molar-refractivity contribution in [2.24, 2.45) is 0 Å². The van der Waals surface area contributed by atoms with E-state index in [0.29, 0.717) is 11.4 Å². The van der Waals surface area contributed by atoms with Crippen molar-refractivity contribution in [2.45, 2.75) is 20.8 Å². The minimum Gasteiger partial charge on any atom is -0.496 e. The van der Waals surface area contributed by atoms with E-state index < -0.39 is 0 Å². The maximum atomic E-state index is 11.4. The molecule has 1 aromatic rings. The summed E-state index contributed by atoms with van der Waals surface area (Å²) >= 11 is 0. The van der Waals surface area contributed by atoms with Crippen LogP contribution in [0, 0.1) is 6.92 Å². The number of benzene rings is 1. The lowest BCUT2D eigenvalue weighted by Gasteiger charge is -2.20. The molecule has 1 aromatic carbocycles. The van der Waals surface area contributed by atoms with E-state index in [9.17, 15) is 9.59 Å². The second-order valence-electron chi connectivity index (χ2n) is 3.48. The third-order valence-corrected chi connectivity index (χ3v) is 2.35. The molecular weight excluding hydrogens is 206 g/mol. The van der Waals surface area contributed by atoms with Crippen molar-refractivity contribution >= 4 is 17.5 Å². The molecule has 0 aliphatic carbocycles. The van der Waals surface area contributed by atoms with Crippen LogP contribution >= 0.6 is 0 Å². The van der Waals surface area contributed by atoms with Crippen LogP contribution in [0.5, 0.6) is 5.75 Å². The van der Waals surface area contributed by atoms with E-state index in [1.54, 1.807) is 25.3 Å². The lowest BCUT2D eigenvalue weighted by Crippen LogP contribution is -2.33. The normalized spacial score (nSPS) is 9.75. The maximum Gasteiger partial charge on any atom is 0.230 e. The van der Waals surface area contributed by atoms with Crippen molar-refractivity contribution in [1.82, 2.24) is 0 Å². The molecule has 0 saturated heterocycles. The Morgan fingerprint density at radius 2 is 1.75 bits per heavy atom. The molecule has 0 aromatic heterocycles. The Hall–Kier alpha value is -1.84. The first-order valence-corrected chi connectivity index (χ1v) is 4.94. The number of hydrogen-bond acceptors (Lipinski definition) is 3. The fraction of sp³-hybridized carbons (Fsp3) is 0.333. The predicted octanol–water partition coefficient (Wildman–Crippen LogP) is 1.90. The van der Waals surface area contributed by atoms with E-state index in [1.807, 2.05) is 6.92 Å². The summed E-state index contributed by atoms with van der Waals surface area (Å²) in [5.74, 6) is 0.0534. The van der Waals surface area contributed by atoms with Gasteiger partial charge in [-0.15, -0.1) is 0 Å². The van der Waals surface area contributed by atoms with E-state index in [2.05, 4.69) is 0 Å². The molecule has 16 heavy (non-hydrogen) atoms. The Balaban J connectivity index is 3.30. The topological polar surface area (TPSA) is 46.6 Å². The molecule has 0 saturated carbocycles. The van der Waals surface area contributed by atoms with Crippen LogP contribution in [-0.2, 0) is 9.59 Å². The fourth-order valence-electron chi connectivity index (χ4n) is 1.63. The van der Waals surface area contributed by atoms with Crippen molar-refractivity contribution in [3.8, 4) is 5.75 Å². The highest BCUT2D eigenvalue weighted by Gasteiger charge is 2.19. The second kappa shape index (κ2) is 4.79. The standard InChI is InChI=1S/C12H15NO3/c1-8-11(6-5-7-12(8)16-4)13(9(2)14)10(3)15/h5-7H,1-4H3. The summed E-state index contributed by atoms with van der Waals surface area (Å²) in [6, 6.07) is 5.26. The highest BCUT2D eigenvalue weighted by Crippen LogP contribution is 2.28. The number of ether oxygens (including phenoxy) is 1. The largest absolute Gasteiger partial charge is 0.496 e. The van der Waals surface area contributed by atoms with Gasteiger partial charge >= 0.3 is 0 Å². The number of carbonyl (C=O) groups is 2. The molecule has 4 nitrogen and oxygen atoms in total. The summed E-state index contributed by atoms with van der Waals surface area (Å²) in [4.78, 5) is 23.9. The van der Waals surface area contributed by atoms with Gasteiger partial charge in [0.15, 0.2) is 0 Å². The Bertz CT molecular complexity index is 412. The molecule has 0 atom stereocenters. The zero-order chi connectivity index (χ0) is 12.3. The summed E-state index contributed by atoms with van der Waals surface area (Å²) in [5.41, 5.74) is 1.34. The molecule has 0 radical (unpaired) electrons. The zero-order valence-corrected chi connectivity index (χ0v) is 9.90. The Morgan fingerprint density at radius 3 is 2.19 bits per heavy atom. The summed E-state index contributed by atoms with van der Waals surface area (Å²) < 4.78 is 5.15. The lowest BCUT2D eigenvalue weighted by molar-refractivity contribution is -0.124. The first kappa shape index (κ1) is 12.2. The molecule has 4 heteroatoms. The van der Waals surface area contributed by atoms with Crippen molar-refractivity contribution in [1.29, 1.82) is 0 Å². The molecule has 1 rings (SSSR count). The summed E-state index contributed by atoms with van der Waals surface area (Å²) in [6.07, 6.45) is 0. The molecule has 0 bridgehead atoms. The number of methoxy groups -OCH3 is 1. The number of hydrogen-bond donors (Lipinski definition) is 0. The predicted molar refractivity (Wildman–Crippen MR) is 61.6 cm³/mol. The van der Waals surface area contributed by atoms with Crippen LogP contribution in [0.4, 0.5) is 5.69 Å². The van der Waals surface area contributed by atoms with Gasteiger partial charge in [-0.1, -0.05) is 6.07 Å². The molecule has 0 heterocycles. The van der Waals surface area contributed by atoms with Gasteiger partial charge in [0.25, 0.3) is 0 Å². The molecular formula is C12H15NO3. The number of rotatable bonds is 2. The molecule has 0 fully saturated rings. The van der Waals surface area contributed by atoms with Gasteiger partial charge in [-0.2, -0.15) is 0 Å². The van der Waals surface area contributed by atoms with E-state index in [-0.39, 0.29) is 11.8 Å². The maximum absolute atomic E-state index is 11.4. The van der Waals surface area contributed by atoms with Crippen LogP contribution in [0.3, 0.4) is 0 Å². The summed E-state index contributed by atoms with van der Waals surface area (Å²) in [5, 5.41) is 0.